The molecule has 1 aliphatic heterocycles. The van der Waals surface area contributed by atoms with Gasteiger partial charge in [0.25, 0.3) is 0 Å². The first kappa shape index (κ1) is 25.7. The Balaban J connectivity index is 1.91. The van der Waals surface area contributed by atoms with E-state index in [9.17, 15) is 25.2 Å². The van der Waals surface area contributed by atoms with Crippen molar-refractivity contribution >= 4 is 5.91 Å². The van der Waals surface area contributed by atoms with Crippen LogP contribution in [0.25, 0.3) is 0 Å². The number of aliphatic hydroxyl groups is 4. The molecule has 0 aromatic rings. The molecule has 0 bridgehead atoms. The lowest BCUT2D eigenvalue weighted by molar-refractivity contribution is -0.288. The predicted octanol–water partition coefficient (Wildman–Crippen LogP) is -4.24. The van der Waals surface area contributed by atoms with Crippen molar-refractivity contribution in [2.75, 3.05) is 13.1 Å². The summed E-state index contributed by atoms with van der Waals surface area (Å²) in [5.41, 5.74) is 24.2. The maximum absolute atomic E-state index is 12.0. The molecule has 178 valence electrons. The van der Waals surface area contributed by atoms with E-state index in [2.05, 4.69) is 15.3 Å². The topological polar surface area (TPSA) is 257 Å². The molecule has 10 unspecified atom stereocenters. The Morgan fingerprint density at radius 2 is 1.81 bits per heavy atom. The Morgan fingerprint density at radius 3 is 2.48 bits per heavy atom. The van der Waals surface area contributed by atoms with Gasteiger partial charge in [-0.1, -0.05) is 0 Å². The lowest BCUT2D eigenvalue weighted by Crippen LogP contribution is -2.67. The standard InChI is InChI=1S/C17H33N7O7/c18-7-5-8(19)16(15(29)12(7)26)31-17-11(20)14(28)13(27)9(30-17)6-22-10(25)3-1-2-4-23-24-21/h7-9,11-17,21,26-29H,1-6,18-20H2/p+1. The number of carbonyl (C=O) groups excluding carboxylic acids is 1. The van der Waals surface area contributed by atoms with Crippen molar-refractivity contribution in [1.82, 2.24) is 10.2 Å². The zero-order valence-corrected chi connectivity index (χ0v) is 17.2. The van der Waals surface area contributed by atoms with Gasteiger partial charge in [0.1, 0.15) is 47.7 Å². The number of nitrogens with two attached hydrogens (primary N) is 3. The second kappa shape index (κ2) is 11.9. The van der Waals surface area contributed by atoms with Crippen LogP contribution in [0.3, 0.4) is 0 Å². The number of hydrogen-bond donors (Lipinski definition) is 9. The number of aliphatic hydroxyl groups excluding tert-OH is 4. The number of rotatable bonds is 9. The quantitative estimate of drug-likeness (QED) is 0.0932. The number of hydrogen-bond acceptors (Lipinski definition) is 12. The first-order chi connectivity index (χ1) is 14.7. The monoisotopic (exact) mass is 448 g/mol. The second-order valence-corrected chi connectivity index (χ2v) is 7.97. The smallest absolute Gasteiger partial charge is 0.220 e. The van der Waals surface area contributed by atoms with Crippen LogP contribution in [-0.2, 0) is 14.3 Å². The predicted molar refractivity (Wildman–Crippen MR) is 105 cm³/mol. The summed E-state index contributed by atoms with van der Waals surface area (Å²) in [6.07, 6.45) is -7.21. The molecule has 10 atom stereocenters. The third-order valence-corrected chi connectivity index (χ3v) is 5.61. The van der Waals surface area contributed by atoms with Crippen LogP contribution in [0.4, 0.5) is 0 Å². The van der Waals surface area contributed by atoms with E-state index in [0.29, 0.717) is 19.4 Å². The first-order valence-corrected chi connectivity index (χ1v) is 10.3. The Hall–Kier alpha value is -1.58. The van der Waals surface area contributed by atoms with Crippen LogP contribution in [0.5, 0.6) is 0 Å². The van der Waals surface area contributed by atoms with Crippen LogP contribution >= 0.6 is 0 Å². The minimum Gasteiger partial charge on any atom is -0.389 e. The summed E-state index contributed by atoms with van der Waals surface area (Å²) in [6, 6.07) is -2.57. The van der Waals surface area contributed by atoms with Crippen molar-refractivity contribution in [1.29, 1.82) is 5.53 Å². The molecular weight excluding hydrogens is 414 g/mol. The van der Waals surface area contributed by atoms with Gasteiger partial charge in [-0.25, -0.2) is 0 Å². The highest BCUT2D eigenvalue weighted by atomic mass is 16.7. The van der Waals surface area contributed by atoms with E-state index in [-0.39, 0.29) is 25.3 Å². The normalized spacial score (nSPS) is 40.7. The summed E-state index contributed by atoms with van der Waals surface area (Å²) in [5, 5.41) is 46.9. The Kier molecular flexibility index (Phi) is 9.84. The van der Waals surface area contributed by atoms with Crippen molar-refractivity contribution in [2.24, 2.45) is 22.3 Å². The van der Waals surface area contributed by atoms with E-state index in [0.717, 1.165) is 0 Å². The Labute approximate surface area is 179 Å². The van der Waals surface area contributed by atoms with Gasteiger partial charge < -0.3 is 52.4 Å². The Morgan fingerprint density at radius 1 is 1.10 bits per heavy atom. The van der Waals surface area contributed by atoms with Gasteiger partial charge in [-0.05, 0) is 19.3 Å². The lowest BCUT2D eigenvalue weighted by atomic mass is 9.84. The minimum absolute atomic E-state index is 0.108. The number of unbranched alkanes of at least 4 members (excludes halogenated alkanes) is 1. The molecule has 2 rings (SSSR count). The van der Waals surface area contributed by atoms with E-state index in [1.54, 1.807) is 0 Å². The van der Waals surface area contributed by atoms with Crippen LogP contribution in [-0.4, -0.2) is 100 Å². The number of ether oxygens (including phenoxy) is 2. The molecular formula is C17H34N7O7+. The van der Waals surface area contributed by atoms with Crippen molar-refractivity contribution in [3.63, 3.8) is 0 Å². The average Bonchev–Trinajstić information content (AvgIpc) is 2.74. The zero-order valence-electron chi connectivity index (χ0n) is 17.2. The van der Waals surface area contributed by atoms with Gasteiger partial charge in [0.05, 0.1) is 12.1 Å². The highest BCUT2D eigenvalue weighted by Gasteiger charge is 2.48. The summed E-state index contributed by atoms with van der Waals surface area (Å²) < 4.78 is 11.3. The van der Waals surface area contributed by atoms with E-state index in [1.165, 1.54) is 0 Å². The fraction of sp³-hybridized carbons (Fsp3) is 0.941. The van der Waals surface area contributed by atoms with Gasteiger partial charge in [-0.3, -0.25) is 4.79 Å². The van der Waals surface area contributed by atoms with Gasteiger partial charge in [0, 0.05) is 25.0 Å². The molecule has 1 saturated carbocycles. The number of carbonyl (C=O) groups is 1. The van der Waals surface area contributed by atoms with E-state index >= 15 is 0 Å². The molecule has 2 fully saturated rings. The van der Waals surface area contributed by atoms with Crippen molar-refractivity contribution in [2.45, 2.75) is 86.7 Å². The molecule has 0 spiro atoms. The second-order valence-electron chi connectivity index (χ2n) is 7.97. The van der Waals surface area contributed by atoms with Crippen LogP contribution in [0.2, 0.25) is 0 Å². The van der Waals surface area contributed by atoms with Crippen LogP contribution in [0, 0.1) is 5.53 Å². The maximum Gasteiger partial charge on any atom is 0.220 e. The van der Waals surface area contributed by atoms with Gasteiger partial charge in [-0.2, -0.15) is 0 Å². The van der Waals surface area contributed by atoms with Crippen molar-refractivity contribution in [3.8, 4) is 0 Å². The molecule has 0 aromatic carbocycles. The summed E-state index contributed by atoms with van der Waals surface area (Å²) in [5.74, 6) is -0.290. The molecule has 2 aliphatic rings. The van der Waals surface area contributed by atoms with Crippen LogP contribution < -0.4 is 27.4 Å². The van der Waals surface area contributed by atoms with Crippen LogP contribution in [0.1, 0.15) is 25.7 Å². The third-order valence-electron chi connectivity index (χ3n) is 5.61. The molecule has 1 heterocycles. The third kappa shape index (κ3) is 6.70. The zero-order chi connectivity index (χ0) is 23.1. The molecule has 0 aromatic heterocycles. The molecule has 12 N–H and O–H groups in total. The number of nitrogens with zero attached hydrogens (tertiary/aromatic N) is 2. The van der Waals surface area contributed by atoms with Gasteiger partial charge in [0.15, 0.2) is 6.29 Å². The number of nitrogens with one attached hydrogen (secondary N) is 2. The Bertz CT molecular complexity index is 638. The largest absolute Gasteiger partial charge is 0.389 e. The summed E-state index contributed by atoms with van der Waals surface area (Å²) in [7, 11) is 0. The van der Waals surface area contributed by atoms with Gasteiger partial charge >= 0.3 is 0 Å². The van der Waals surface area contributed by atoms with Crippen molar-refractivity contribution in [3.05, 3.63) is 0 Å². The average molecular weight is 449 g/mol. The molecule has 1 saturated heterocycles. The summed E-state index contributed by atoms with van der Waals surface area (Å²) in [6.45, 7) is 0.252. The summed E-state index contributed by atoms with van der Waals surface area (Å²) >= 11 is 0. The number of amides is 1. The SMILES string of the molecule is N=[N+]=NCCCCC(=O)NCC1OC(OC2C(N)CC(N)C(O)C2O)C(N)C(O)C1O. The maximum atomic E-state index is 12.0. The first-order valence-electron chi connectivity index (χ1n) is 10.3. The molecule has 14 nitrogen and oxygen atoms in total. The molecule has 31 heavy (non-hydrogen) atoms. The van der Waals surface area contributed by atoms with Crippen molar-refractivity contribution < 1.29 is 34.7 Å². The van der Waals surface area contributed by atoms with Crippen LogP contribution in [0.15, 0.2) is 5.11 Å². The van der Waals surface area contributed by atoms with Gasteiger partial charge in [-0.15, -0.1) is 0 Å². The lowest BCUT2D eigenvalue weighted by Gasteiger charge is -2.45. The van der Waals surface area contributed by atoms with E-state index in [1.807, 2.05) is 0 Å². The molecule has 14 heteroatoms. The minimum atomic E-state index is -1.42. The van der Waals surface area contributed by atoms with Gasteiger partial charge in [0.2, 0.25) is 10.8 Å². The highest BCUT2D eigenvalue weighted by Crippen LogP contribution is 2.27. The van der Waals surface area contributed by atoms with E-state index < -0.39 is 61.0 Å². The van der Waals surface area contributed by atoms with E-state index in [4.69, 9.17) is 32.2 Å². The fourth-order valence-electron chi connectivity index (χ4n) is 3.69. The summed E-state index contributed by atoms with van der Waals surface area (Å²) in [4.78, 5) is 14.9. The molecule has 1 aliphatic carbocycles. The molecule has 0 radical (unpaired) electrons. The molecule has 1 amide bonds. The highest BCUT2D eigenvalue weighted by molar-refractivity contribution is 5.75. The fourth-order valence-corrected chi connectivity index (χ4v) is 3.69.